The quantitative estimate of drug-likeness (QED) is 0.643. The Morgan fingerprint density at radius 3 is 2.11 bits per heavy atom. The molecule has 7 nitrogen and oxygen atoms in total. The first-order valence-corrected chi connectivity index (χ1v) is 9.03. The lowest BCUT2D eigenvalue weighted by molar-refractivity contribution is 0.0689. The molecule has 2 aliphatic rings. The molecule has 2 heterocycles. The highest BCUT2D eigenvalue weighted by Gasteiger charge is 2.44. The third-order valence-electron chi connectivity index (χ3n) is 3.35. The second kappa shape index (κ2) is 5.04. The molecule has 0 aromatic carbocycles. The molecule has 0 atom stereocenters. The standard InChI is InChI=1S/C9H18N2O5S2/c1-2-17(12,13)9-7-11(8-9)18(14,15)10-3-5-16-6-4-10/h9H,2-8H2,1H3. The van der Waals surface area contributed by atoms with Gasteiger partial charge >= 0.3 is 0 Å². The summed E-state index contributed by atoms with van der Waals surface area (Å²) < 4.78 is 55.1. The molecular formula is C9H18N2O5S2. The molecule has 0 spiro atoms. The van der Waals surface area contributed by atoms with Crippen LogP contribution in [0.3, 0.4) is 0 Å². The second-order valence-corrected chi connectivity index (χ2v) is 8.91. The molecule has 0 aromatic rings. The van der Waals surface area contributed by atoms with E-state index < -0.39 is 25.3 Å². The van der Waals surface area contributed by atoms with Crippen LogP contribution in [0.2, 0.25) is 0 Å². The fraction of sp³-hybridized carbons (Fsp3) is 1.00. The van der Waals surface area contributed by atoms with E-state index in [1.54, 1.807) is 6.92 Å². The molecule has 9 heteroatoms. The molecule has 2 aliphatic heterocycles. The highest BCUT2D eigenvalue weighted by atomic mass is 32.2. The van der Waals surface area contributed by atoms with Gasteiger partial charge in [-0.05, 0) is 0 Å². The summed E-state index contributed by atoms with van der Waals surface area (Å²) in [5, 5.41) is -0.543. The predicted octanol–water partition coefficient (Wildman–Crippen LogP) is -1.32. The van der Waals surface area contributed by atoms with Crippen LogP contribution < -0.4 is 0 Å². The number of hydrogen-bond donors (Lipinski definition) is 0. The summed E-state index contributed by atoms with van der Waals surface area (Å²) in [6.07, 6.45) is 0. The first-order valence-electron chi connectivity index (χ1n) is 5.92. The number of nitrogens with zero attached hydrogens (tertiary/aromatic N) is 2. The van der Waals surface area contributed by atoms with Gasteiger partial charge in [0, 0.05) is 31.9 Å². The average molecular weight is 298 g/mol. The fourth-order valence-corrected chi connectivity index (χ4v) is 5.14. The molecule has 0 saturated carbocycles. The predicted molar refractivity (Wildman–Crippen MR) is 66.1 cm³/mol. The van der Waals surface area contributed by atoms with Crippen LogP contribution in [0.5, 0.6) is 0 Å². The summed E-state index contributed by atoms with van der Waals surface area (Å²) in [6, 6.07) is 0. The van der Waals surface area contributed by atoms with Crippen molar-refractivity contribution < 1.29 is 21.6 Å². The number of hydrogen-bond acceptors (Lipinski definition) is 5. The monoisotopic (exact) mass is 298 g/mol. The van der Waals surface area contributed by atoms with Crippen molar-refractivity contribution in [2.75, 3.05) is 45.1 Å². The molecule has 106 valence electrons. The Hall–Kier alpha value is -0.220. The molecule has 18 heavy (non-hydrogen) atoms. The summed E-state index contributed by atoms with van der Waals surface area (Å²) in [5.74, 6) is 0.0586. The van der Waals surface area contributed by atoms with Gasteiger partial charge in [0.25, 0.3) is 10.2 Å². The van der Waals surface area contributed by atoms with Gasteiger partial charge in [-0.3, -0.25) is 0 Å². The Morgan fingerprint density at radius 2 is 1.61 bits per heavy atom. The Balaban J connectivity index is 1.98. The van der Waals surface area contributed by atoms with Crippen LogP contribution in [0, 0.1) is 0 Å². The molecule has 0 radical (unpaired) electrons. The lowest BCUT2D eigenvalue weighted by atomic mass is 10.3. The maximum atomic E-state index is 12.1. The van der Waals surface area contributed by atoms with E-state index >= 15 is 0 Å². The van der Waals surface area contributed by atoms with Crippen LogP contribution in [-0.4, -0.2) is 75.8 Å². The lowest BCUT2D eigenvalue weighted by Gasteiger charge is -2.40. The smallest absolute Gasteiger partial charge is 0.282 e. The molecule has 2 fully saturated rings. The third kappa shape index (κ3) is 2.55. The van der Waals surface area contributed by atoms with Crippen LogP contribution in [0.25, 0.3) is 0 Å². The van der Waals surface area contributed by atoms with E-state index in [0.29, 0.717) is 26.3 Å². The molecule has 0 aliphatic carbocycles. The zero-order chi connectivity index (χ0) is 13.4. The average Bonchev–Trinajstić information content (AvgIpc) is 2.27. The summed E-state index contributed by atoms with van der Waals surface area (Å²) in [7, 11) is -6.64. The minimum Gasteiger partial charge on any atom is -0.379 e. The maximum absolute atomic E-state index is 12.1. The van der Waals surface area contributed by atoms with E-state index in [1.165, 1.54) is 8.61 Å². The van der Waals surface area contributed by atoms with Crippen molar-refractivity contribution in [2.24, 2.45) is 0 Å². The SMILES string of the molecule is CCS(=O)(=O)C1CN(S(=O)(=O)N2CCOCC2)C1. The highest BCUT2D eigenvalue weighted by Crippen LogP contribution is 2.23. The van der Waals surface area contributed by atoms with Gasteiger partial charge in [-0.15, -0.1) is 0 Å². The first-order chi connectivity index (χ1) is 8.38. The zero-order valence-electron chi connectivity index (χ0n) is 10.3. The van der Waals surface area contributed by atoms with Crippen molar-refractivity contribution >= 4 is 20.0 Å². The maximum Gasteiger partial charge on any atom is 0.282 e. The van der Waals surface area contributed by atoms with E-state index in [9.17, 15) is 16.8 Å². The van der Waals surface area contributed by atoms with E-state index in [1.807, 2.05) is 0 Å². The van der Waals surface area contributed by atoms with Gasteiger partial charge in [-0.25, -0.2) is 8.42 Å². The van der Waals surface area contributed by atoms with Gasteiger partial charge in [0.05, 0.1) is 18.5 Å². The Kier molecular flexibility index (Phi) is 3.98. The molecule has 2 rings (SSSR count). The van der Waals surface area contributed by atoms with Gasteiger partial charge in [0.2, 0.25) is 0 Å². The van der Waals surface area contributed by atoms with Crippen LogP contribution in [0.1, 0.15) is 6.92 Å². The van der Waals surface area contributed by atoms with Crippen LogP contribution in [-0.2, 0) is 24.8 Å². The summed E-state index contributed by atoms with van der Waals surface area (Å²) in [4.78, 5) is 0. The largest absolute Gasteiger partial charge is 0.379 e. The summed E-state index contributed by atoms with van der Waals surface area (Å²) in [6.45, 7) is 3.20. The Bertz CT molecular complexity index is 489. The van der Waals surface area contributed by atoms with Gasteiger partial charge in [-0.1, -0.05) is 6.92 Å². The molecule has 0 amide bonds. The van der Waals surface area contributed by atoms with Gasteiger partial charge in [0.1, 0.15) is 0 Å². The molecular weight excluding hydrogens is 280 g/mol. The van der Waals surface area contributed by atoms with Crippen molar-refractivity contribution in [1.29, 1.82) is 0 Å². The third-order valence-corrected chi connectivity index (χ3v) is 7.43. The summed E-state index contributed by atoms with van der Waals surface area (Å²) >= 11 is 0. The minimum absolute atomic E-state index is 0.0586. The van der Waals surface area contributed by atoms with Crippen LogP contribution in [0.15, 0.2) is 0 Å². The normalized spacial score (nSPS) is 24.9. The molecule has 0 N–H and O–H groups in total. The lowest BCUT2D eigenvalue weighted by Crippen LogP contribution is -2.61. The minimum atomic E-state index is -3.50. The topological polar surface area (TPSA) is 84.0 Å². The first kappa shape index (κ1) is 14.2. The van der Waals surface area contributed by atoms with Gasteiger partial charge in [0.15, 0.2) is 9.84 Å². The van der Waals surface area contributed by atoms with E-state index in [0.717, 1.165) is 0 Å². The van der Waals surface area contributed by atoms with Crippen LogP contribution >= 0.6 is 0 Å². The number of morpholine rings is 1. The van der Waals surface area contributed by atoms with Crippen molar-refractivity contribution in [3.8, 4) is 0 Å². The Labute approximate surface area is 108 Å². The number of ether oxygens (including phenoxy) is 1. The molecule has 2 saturated heterocycles. The van der Waals surface area contributed by atoms with Gasteiger partial charge in [-0.2, -0.15) is 17.0 Å². The van der Waals surface area contributed by atoms with Gasteiger partial charge < -0.3 is 4.74 Å². The van der Waals surface area contributed by atoms with Crippen LogP contribution in [0.4, 0.5) is 0 Å². The number of sulfone groups is 1. The van der Waals surface area contributed by atoms with Crippen molar-refractivity contribution in [1.82, 2.24) is 8.61 Å². The van der Waals surface area contributed by atoms with E-state index in [4.69, 9.17) is 4.74 Å². The number of rotatable bonds is 4. The van der Waals surface area contributed by atoms with Crippen molar-refractivity contribution in [3.63, 3.8) is 0 Å². The zero-order valence-corrected chi connectivity index (χ0v) is 11.9. The Morgan fingerprint density at radius 1 is 1.06 bits per heavy atom. The molecule has 0 unspecified atom stereocenters. The summed E-state index contributed by atoms with van der Waals surface area (Å²) in [5.41, 5.74) is 0. The van der Waals surface area contributed by atoms with E-state index in [-0.39, 0.29) is 18.8 Å². The second-order valence-electron chi connectivity index (χ2n) is 4.41. The highest BCUT2D eigenvalue weighted by molar-refractivity contribution is 7.92. The van der Waals surface area contributed by atoms with Crippen molar-refractivity contribution in [3.05, 3.63) is 0 Å². The molecule has 0 aromatic heterocycles. The molecule has 0 bridgehead atoms. The fourth-order valence-electron chi connectivity index (χ4n) is 1.99. The van der Waals surface area contributed by atoms with Crippen molar-refractivity contribution in [2.45, 2.75) is 12.2 Å². The van der Waals surface area contributed by atoms with E-state index in [2.05, 4.69) is 0 Å².